The summed E-state index contributed by atoms with van der Waals surface area (Å²) in [7, 11) is -3.54. The van der Waals surface area contributed by atoms with Crippen LogP contribution in [0.3, 0.4) is 0 Å². The maximum absolute atomic E-state index is 12.2. The van der Waals surface area contributed by atoms with Crippen molar-refractivity contribution in [1.82, 2.24) is 5.32 Å². The van der Waals surface area contributed by atoms with Gasteiger partial charge in [-0.1, -0.05) is 0 Å². The Morgan fingerprint density at radius 3 is 2.54 bits per heavy atom. The van der Waals surface area contributed by atoms with Crippen molar-refractivity contribution < 1.29 is 22.7 Å². The fraction of sp³-hybridized carbons (Fsp3) is 0.500. The number of benzene rings is 1. The fourth-order valence-electron chi connectivity index (χ4n) is 2.42. The lowest BCUT2D eigenvalue weighted by Gasteiger charge is -2.11. The topological polar surface area (TPSA) is 102 Å². The molecule has 1 aliphatic heterocycles. The predicted octanol–water partition coefficient (Wildman–Crippen LogP) is 1.10. The molecule has 132 valence electrons. The summed E-state index contributed by atoms with van der Waals surface area (Å²) in [5.41, 5.74) is 0.524. The first-order valence-corrected chi connectivity index (χ1v) is 9.51. The third-order valence-corrected chi connectivity index (χ3v) is 5.41. The Bertz CT molecular complexity index is 679. The molecule has 0 spiro atoms. The molecular formula is C16H22N2O5S. The van der Waals surface area contributed by atoms with Gasteiger partial charge in [-0.2, -0.15) is 0 Å². The van der Waals surface area contributed by atoms with Gasteiger partial charge in [0.1, 0.15) is 0 Å². The number of carbonyl (C=O) groups is 2. The molecule has 7 nitrogen and oxygen atoms in total. The Hall–Kier alpha value is -1.93. The molecule has 1 unspecified atom stereocenters. The lowest BCUT2D eigenvalue weighted by atomic mass is 10.2. The number of anilines is 1. The number of rotatable bonds is 7. The summed E-state index contributed by atoms with van der Waals surface area (Å²) in [5.74, 6) is -0.790. The number of carbonyl (C=O) groups excluding carboxylic acids is 2. The lowest BCUT2D eigenvalue weighted by molar-refractivity contribution is -0.121. The van der Waals surface area contributed by atoms with Crippen LogP contribution < -0.4 is 10.6 Å². The van der Waals surface area contributed by atoms with Crippen molar-refractivity contribution in [1.29, 1.82) is 0 Å². The van der Waals surface area contributed by atoms with Crippen molar-refractivity contribution in [2.24, 2.45) is 0 Å². The Morgan fingerprint density at radius 1 is 1.25 bits per heavy atom. The fourth-order valence-corrected chi connectivity index (χ4v) is 3.66. The summed E-state index contributed by atoms with van der Waals surface area (Å²) >= 11 is 0. The highest BCUT2D eigenvalue weighted by atomic mass is 32.2. The van der Waals surface area contributed by atoms with Crippen LogP contribution in [0.4, 0.5) is 5.69 Å². The third kappa shape index (κ3) is 5.61. The molecule has 0 radical (unpaired) electrons. The van der Waals surface area contributed by atoms with Crippen molar-refractivity contribution >= 4 is 27.3 Å². The monoisotopic (exact) mass is 354 g/mol. The molecule has 0 saturated carbocycles. The smallest absolute Gasteiger partial charge is 0.221 e. The van der Waals surface area contributed by atoms with E-state index in [2.05, 4.69) is 10.6 Å². The lowest BCUT2D eigenvalue weighted by Crippen LogP contribution is -2.32. The van der Waals surface area contributed by atoms with E-state index in [4.69, 9.17) is 4.74 Å². The van der Waals surface area contributed by atoms with Gasteiger partial charge >= 0.3 is 0 Å². The highest BCUT2D eigenvalue weighted by Crippen LogP contribution is 2.16. The van der Waals surface area contributed by atoms with Gasteiger partial charge in [-0.15, -0.1) is 0 Å². The molecule has 24 heavy (non-hydrogen) atoms. The van der Waals surface area contributed by atoms with Crippen LogP contribution in [0.5, 0.6) is 0 Å². The van der Waals surface area contributed by atoms with Gasteiger partial charge in [-0.05, 0) is 37.1 Å². The second-order valence-corrected chi connectivity index (χ2v) is 7.82. The van der Waals surface area contributed by atoms with E-state index >= 15 is 0 Å². The van der Waals surface area contributed by atoms with Crippen LogP contribution in [0.1, 0.15) is 26.2 Å². The Balaban J connectivity index is 1.83. The summed E-state index contributed by atoms with van der Waals surface area (Å²) in [4.78, 5) is 22.8. The molecule has 1 aliphatic rings. The Kier molecular flexibility index (Phi) is 6.33. The van der Waals surface area contributed by atoms with Crippen LogP contribution in [0, 0.1) is 0 Å². The molecule has 1 fully saturated rings. The molecule has 1 atom stereocenters. The summed E-state index contributed by atoms with van der Waals surface area (Å²) in [5, 5.41) is 5.27. The van der Waals surface area contributed by atoms with E-state index < -0.39 is 9.84 Å². The predicted molar refractivity (Wildman–Crippen MR) is 89.4 cm³/mol. The van der Waals surface area contributed by atoms with Crippen molar-refractivity contribution in [3.05, 3.63) is 24.3 Å². The maximum atomic E-state index is 12.2. The summed E-state index contributed by atoms with van der Waals surface area (Å²) in [6.45, 7) is 2.51. The summed E-state index contributed by atoms with van der Waals surface area (Å²) in [6.07, 6.45) is 1.84. The number of sulfone groups is 1. The van der Waals surface area contributed by atoms with Crippen LogP contribution in [0.25, 0.3) is 0 Å². The van der Waals surface area contributed by atoms with Crippen molar-refractivity contribution in [3.63, 3.8) is 0 Å². The number of hydrogen-bond donors (Lipinski definition) is 2. The average molecular weight is 354 g/mol. The minimum atomic E-state index is -3.54. The van der Waals surface area contributed by atoms with E-state index in [0.717, 1.165) is 12.8 Å². The Labute approximate surface area is 141 Å². The molecule has 1 heterocycles. The van der Waals surface area contributed by atoms with Gasteiger partial charge in [0.2, 0.25) is 11.8 Å². The first kappa shape index (κ1) is 18.4. The normalized spacial score (nSPS) is 17.5. The standard InChI is InChI=1S/C16H22N2O5S/c1-12(19)18-13-4-6-15(7-5-13)24(21,22)10-8-16(20)17-11-14-3-2-9-23-14/h4-7,14H,2-3,8-11H2,1H3,(H,17,20)(H,18,19). The van der Waals surface area contributed by atoms with Crippen LogP contribution in [-0.4, -0.2) is 45.2 Å². The molecular weight excluding hydrogens is 332 g/mol. The summed E-state index contributed by atoms with van der Waals surface area (Å²) < 4.78 is 29.9. The zero-order valence-corrected chi connectivity index (χ0v) is 14.4. The molecule has 1 aromatic carbocycles. The molecule has 1 saturated heterocycles. The van der Waals surface area contributed by atoms with Gasteiger partial charge in [-0.3, -0.25) is 9.59 Å². The first-order valence-electron chi connectivity index (χ1n) is 7.85. The third-order valence-electron chi connectivity index (χ3n) is 3.68. The summed E-state index contributed by atoms with van der Waals surface area (Å²) in [6, 6.07) is 5.88. The molecule has 2 N–H and O–H groups in total. The quantitative estimate of drug-likeness (QED) is 0.764. The minimum Gasteiger partial charge on any atom is -0.376 e. The minimum absolute atomic E-state index is 0.0341. The molecule has 1 aromatic rings. The van der Waals surface area contributed by atoms with Crippen LogP contribution >= 0.6 is 0 Å². The van der Waals surface area contributed by atoms with Gasteiger partial charge in [0.25, 0.3) is 0 Å². The largest absolute Gasteiger partial charge is 0.376 e. The van der Waals surface area contributed by atoms with E-state index in [1.54, 1.807) is 0 Å². The molecule has 0 aliphatic carbocycles. The molecule has 2 rings (SSSR count). The molecule has 0 aromatic heterocycles. The Morgan fingerprint density at radius 2 is 1.96 bits per heavy atom. The number of amides is 2. The van der Waals surface area contributed by atoms with Crippen LogP contribution in [-0.2, 0) is 24.2 Å². The van der Waals surface area contributed by atoms with E-state index in [1.165, 1.54) is 31.2 Å². The van der Waals surface area contributed by atoms with Gasteiger partial charge in [0, 0.05) is 32.2 Å². The van der Waals surface area contributed by atoms with Crippen LogP contribution in [0.15, 0.2) is 29.2 Å². The van der Waals surface area contributed by atoms with Crippen molar-refractivity contribution in [2.45, 2.75) is 37.2 Å². The van der Waals surface area contributed by atoms with E-state index in [0.29, 0.717) is 18.8 Å². The highest BCUT2D eigenvalue weighted by Gasteiger charge is 2.19. The van der Waals surface area contributed by atoms with E-state index in [-0.39, 0.29) is 35.0 Å². The molecule has 2 amide bonds. The number of hydrogen-bond acceptors (Lipinski definition) is 5. The average Bonchev–Trinajstić information content (AvgIpc) is 3.04. The van der Waals surface area contributed by atoms with Gasteiger partial charge in [0.05, 0.1) is 16.8 Å². The SMILES string of the molecule is CC(=O)Nc1ccc(S(=O)(=O)CCC(=O)NCC2CCCO2)cc1. The van der Waals surface area contributed by atoms with Crippen molar-refractivity contribution in [3.8, 4) is 0 Å². The zero-order chi connectivity index (χ0) is 17.6. The van der Waals surface area contributed by atoms with Crippen molar-refractivity contribution in [2.75, 3.05) is 24.2 Å². The van der Waals surface area contributed by atoms with Gasteiger partial charge in [0.15, 0.2) is 9.84 Å². The van der Waals surface area contributed by atoms with Gasteiger partial charge in [-0.25, -0.2) is 8.42 Å². The molecule has 0 bridgehead atoms. The van der Waals surface area contributed by atoms with E-state index in [9.17, 15) is 18.0 Å². The maximum Gasteiger partial charge on any atom is 0.221 e. The number of nitrogens with one attached hydrogen (secondary N) is 2. The first-order chi connectivity index (χ1) is 11.4. The second kappa shape index (κ2) is 8.25. The van der Waals surface area contributed by atoms with Crippen LogP contribution in [0.2, 0.25) is 0 Å². The van der Waals surface area contributed by atoms with E-state index in [1.807, 2.05) is 0 Å². The second-order valence-electron chi connectivity index (χ2n) is 5.71. The number of ether oxygens (including phenoxy) is 1. The molecule has 8 heteroatoms. The zero-order valence-electron chi connectivity index (χ0n) is 13.6. The highest BCUT2D eigenvalue weighted by molar-refractivity contribution is 7.91. The van der Waals surface area contributed by atoms with Gasteiger partial charge < -0.3 is 15.4 Å².